The number of nitrogens with zero attached hydrogens (tertiary/aromatic N) is 2. The minimum atomic E-state index is -0.598. The van der Waals surface area contributed by atoms with Crippen molar-refractivity contribution >= 4 is 23.4 Å². The molecule has 0 atom stereocenters. The highest BCUT2D eigenvalue weighted by atomic mass is 35.5. The molecule has 2 aromatic rings. The molecular weight excluding hydrogens is 371 g/mol. The van der Waals surface area contributed by atoms with E-state index >= 15 is 0 Å². The molecule has 0 spiro atoms. The normalized spacial score (nSPS) is 14.3. The van der Waals surface area contributed by atoms with Gasteiger partial charge >= 0.3 is 0 Å². The van der Waals surface area contributed by atoms with Crippen molar-refractivity contribution < 1.29 is 18.7 Å². The number of hydrogen-bond acceptors (Lipinski definition) is 3. The third-order valence-corrected chi connectivity index (χ3v) is 4.76. The number of ether oxygens (including phenoxy) is 1. The van der Waals surface area contributed by atoms with E-state index in [9.17, 15) is 14.0 Å². The second-order valence-corrected chi connectivity index (χ2v) is 6.77. The lowest BCUT2D eigenvalue weighted by molar-refractivity contribution is 0.0533. The van der Waals surface area contributed by atoms with Crippen LogP contribution in [0.4, 0.5) is 4.39 Å². The second kappa shape index (κ2) is 8.50. The average Bonchev–Trinajstić information content (AvgIpc) is 2.70. The molecule has 5 nitrogen and oxygen atoms in total. The molecular formula is C20H20ClFN2O3. The summed E-state index contributed by atoms with van der Waals surface area (Å²) in [6.07, 6.45) is 0. The third-order valence-electron chi connectivity index (χ3n) is 4.52. The van der Waals surface area contributed by atoms with Gasteiger partial charge < -0.3 is 14.5 Å². The summed E-state index contributed by atoms with van der Waals surface area (Å²) in [6, 6.07) is 11.2. The Labute approximate surface area is 162 Å². The molecule has 0 bridgehead atoms. The summed E-state index contributed by atoms with van der Waals surface area (Å²) in [6.45, 7) is 1.98. The molecule has 0 aromatic heterocycles. The second-order valence-electron chi connectivity index (χ2n) is 6.34. The van der Waals surface area contributed by atoms with Gasteiger partial charge in [0.2, 0.25) is 0 Å². The first-order valence-corrected chi connectivity index (χ1v) is 8.99. The summed E-state index contributed by atoms with van der Waals surface area (Å²) in [7, 11) is 1.62. The number of amides is 2. The van der Waals surface area contributed by atoms with Gasteiger partial charge in [-0.25, -0.2) is 4.39 Å². The van der Waals surface area contributed by atoms with Gasteiger partial charge in [-0.3, -0.25) is 9.59 Å². The Balaban J connectivity index is 1.62. The van der Waals surface area contributed by atoms with Crippen LogP contribution in [0.1, 0.15) is 26.3 Å². The van der Waals surface area contributed by atoms with Crippen molar-refractivity contribution in [3.63, 3.8) is 0 Å². The number of carbonyl (C=O) groups excluding carboxylic acids is 2. The largest absolute Gasteiger partial charge is 0.380 e. The maximum atomic E-state index is 13.9. The van der Waals surface area contributed by atoms with E-state index in [1.54, 1.807) is 29.0 Å². The SMILES string of the molecule is COCc1ccc(C(=O)N2CCN(C(=O)c3cc(Cl)ccc3F)CC2)cc1. The first-order valence-electron chi connectivity index (χ1n) is 8.61. The zero-order chi connectivity index (χ0) is 19.4. The molecule has 1 aliphatic heterocycles. The van der Waals surface area contributed by atoms with Crippen molar-refractivity contribution in [3.8, 4) is 0 Å². The van der Waals surface area contributed by atoms with Crippen LogP contribution in [-0.2, 0) is 11.3 Å². The Morgan fingerprint density at radius 2 is 1.59 bits per heavy atom. The fourth-order valence-electron chi connectivity index (χ4n) is 3.04. The lowest BCUT2D eigenvalue weighted by atomic mass is 10.1. The van der Waals surface area contributed by atoms with Crippen LogP contribution >= 0.6 is 11.6 Å². The molecule has 142 valence electrons. The molecule has 0 unspecified atom stereocenters. The van der Waals surface area contributed by atoms with E-state index in [0.717, 1.165) is 5.56 Å². The van der Waals surface area contributed by atoms with E-state index in [4.69, 9.17) is 16.3 Å². The molecule has 0 N–H and O–H groups in total. The first kappa shape index (κ1) is 19.3. The van der Waals surface area contributed by atoms with Gasteiger partial charge in [0, 0.05) is 43.9 Å². The van der Waals surface area contributed by atoms with Gasteiger partial charge in [0.1, 0.15) is 5.82 Å². The Hall–Kier alpha value is -2.44. The van der Waals surface area contributed by atoms with Crippen molar-refractivity contribution in [3.05, 3.63) is 70.0 Å². The summed E-state index contributed by atoms with van der Waals surface area (Å²) in [5, 5.41) is 0.311. The molecule has 1 fully saturated rings. The van der Waals surface area contributed by atoms with Crippen LogP contribution in [0.15, 0.2) is 42.5 Å². The van der Waals surface area contributed by atoms with Gasteiger partial charge in [-0.15, -0.1) is 0 Å². The van der Waals surface area contributed by atoms with Gasteiger partial charge in [-0.05, 0) is 35.9 Å². The topological polar surface area (TPSA) is 49.9 Å². The van der Waals surface area contributed by atoms with Crippen LogP contribution in [0.25, 0.3) is 0 Å². The van der Waals surface area contributed by atoms with Crippen LogP contribution in [-0.4, -0.2) is 54.9 Å². The number of piperazine rings is 1. The monoisotopic (exact) mass is 390 g/mol. The van der Waals surface area contributed by atoms with E-state index in [1.807, 2.05) is 12.1 Å². The standard InChI is InChI=1S/C20H20ClFN2O3/c1-27-13-14-2-4-15(5-3-14)19(25)23-8-10-24(11-9-23)20(26)17-12-16(21)6-7-18(17)22/h2-7,12H,8-11,13H2,1H3. The molecule has 2 amide bonds. The minimum Gasteiger partial charge on any atom is -0.380 e. The number of methoxy groups -OCH3 is 1. The Bertz CT molecular complexity index is 834. The maximum absolute atomic E-state index is 13.9. The lowest BCUT2D eigenvalue weighted by Crippen LogP contribution is -2.50. The molecule has 0 radical (unpaired) electrons. The predicted molar refractivity (Wildman–Crippen MR) is 100 cm³/mol. The average molecular weight is 391 g/mol. The zero-order valence-corrected chi connectivity index (χ0v) is 15.7. The molecule has 27 heavy (non-hydrogen) atoms. The van der Waals surface area contributed by atoms with Gasteiger partial charge in [0.05, 0.1) is 12.2 Å². The quantitative estimate of drug-likeness (QED) is 0.805. The van der Waals surface area contributed by atoms with E-state index < -0.39 is 11.7 Å². The Kier molecular flexibility index (Phi) is 6.08. The van der Waals surface area contributed by atoms with Gasteiger partial charge in [0.25, 0.3) is 11.8 Å². The van der Waals surface area contributed by atoms with Crippen LogP contribution in [0, 0.1) is 5.82 Å². The predicted octanol–water partition coefficient (Wildman–Crippen LogP) is 3.22. The van der Waals surface area contributed by atoms with E-state index in [1.165, 1.54) is 18.2 Å². The fraction of sp³-hybridized carbons (Fsp3) is 0.300. The van der Waals surface area contributed by atoms with E-state index in [0.29, 0.717) is 43.4 Å². The van der Waals surface area contributed by atoms with Crippen LogP contribution in [0.2, 0.25) is 5.02 Å². The summed E-state index contributed by atoms with van der Waals surface area (Å²) in [4.78, 5) is 28.4. The minimum absolute atomic E-state index is 0.0454. The fourth-order valence-corrected chi connectivity index (χ4v) is 3.21. The smallest absolute Gasteiger partial charge is 0.257 e. The number of hydrogen-bond donors (Lipinski definition) is 0. The van der Waals surface area contributed by atoms with Crippen LogP contribution < -0.4 is 0 Å². The summed E-state index contributed by atoms with van der Waals surface area (Å²) < 4.78 is 19.0. The Morgan fingerprint density at radius 1 is 1.00 bits per heavy atom. The first-order chi connectivity index (χ1) is 13.0. The summed E-state index contributed by atoms with van der Waals surface area (Å²) >= 11 is 5.87. The van der Waals surface area contributed by atoms with Gasteiger partial charge in [-0.1, -0.05) is 23.7 Å². The van der Waals surface area contributed by atoms with E-state index in [2.05, 4.69) is 0 Å². The molecule has 7 heteroatoms. The van der Waals surface area contributed by atoms with Crippen LogP contribution in [0.5, 0.6) is 0 Å². The molecule has 1 saturated heterocycles. The van der Waals surface area contributed by atoms with Crippen molar-refractivity contribution in [2.45, 2.75) is 6.61 Å². The molecule has 0 saturated carbocycles. The molecule has 1 heterocycles. The van der Waals surface area contributed by atoms with Crippen molar-refractivity contribution in [2.75, 3.05) is 33.3 Å². The number of benzene rings is 2. The number of halogens is 2. The van der Waals surface area contributed by atoms with Crippen molar-refractivity contribution in [2.24, 2.45) is 0 Å². The molecule has 1 aliphatic rings. The highest BCUT2D eigenvalue weighted by molar-refractivity contribution is 6.31. The van der Waals surface area contributed by atoms with Gasteiger partial charge in [0.15, 0.2) is 0 Å². The number of rotatable bonds is 4. The molecule has 3 rings (SSSR count). The zero-order valence-electron chi connectivity index (χ0n) is 15.0. The van der Waals surface area contributed by atoms with Gasteiger partial charge in [-0.2, -0.15) is 0 Å². The van der Waals surface area contributed by atoms with Crippen molar-refractivity contribution in [1.29, 1.82) is 0 Å². The highest BCUT2D eigenvalue weighted by Crippen LogP contribution is 2.18. The van der Waals surface area contributed by atoms with E-state index in [-0.39, 0.29) is 11.5 Å². The van der Waals surface area contributed by atoms with Crippen molar-refractivity contribution in [1.82, 2.24) is 9.80 Å². The molecule has 0 aliphatic carbocycles. The van der Waals surface area contributed by atoms with Crippen LogP contribution in [0.3, 0.4) is 0 Å². The Morgan fingerprint density at radius 3 is 2.19 bits per heavy atom. The summed E-state index contributed by atoms with van der Waals surface area (Å²) in [5.41, 5.74) is 1.54. The summed E-state index contributed by atoms with van der Waals surface area (Å²) in [5.74, 6) is -1.09. The molecule has 2 aromatic carbocycles. The maximum Gasteiger partial charge on any atom is 0.257 e. The highest BCUT2D eigenvalue weighted by Gasteiger charge is 2.27. The third kappa shape index (κ3) is 4.46. The number of carbonyl (C=O) groups is 2. The lowest BCUT2D eigenvalue weighted by Gasteiger charge is -2.35.